The van der Waals surface area contributed by atoms with Crippen LogP contribution in [0.25, 0.3) is 0 Å². The number of halogens is 4. The Bertz CT molecular complexity index is 390. The Morgan fingerprint density at radius 2 is 2.00 bits per heavy atom. The lowest BCUT2D eigenvalue weighted by atomic mass is 10.1. The van der Waals surface area contributed by atoms with Crippen LogP contribution >= 0.6 is 0 Å². The van der Waals surface area contributed by atoms with E-state index in [4.69, 9.17) is 0 Å². The first kappa shape index (κ1) is 14.7. The molecule has 0 aromatic heterocycles. The number of rotatable bonds is 5. The minimum atomic E-state index is -4.45. The Morgan fingerprint density at radius 3 is 2.50 bits per heavy atom. The van der Waals surface area contributed by atoms with Gasteiger partial charge in [-0.2, -0.15) is 13.2 Å². The molecule has 0 saturated heterocycles. The summed E-state index contributed by atoms with van der Waals surface area (Å²) in [6.07, 6.45) is -5.28. The number of aliphatic hydroxyl groups excluding tert-OH is 1. The lowest BCUT2D eigenvalue weighted by Crippen LogP contribution is -2.19. The fourth-order valence-electron chi connectivity index (χ4n) is 1.16. The van der Waals surface area contributed by atoms with Crippen molar-refractivity contribution in [3.63, 3.8) is 0 Å². The van der Waals surface area contributed by atoms with Crippen LogP contribution in [0.5, 0.6) is 5.75 Å². The molecule has 0 aliphatic carbocycles. The number of hydrogen-bond donors (Lipinski definition) is 1. The van der Waals surface area contributed by atoms with Gasteiger partial charge in [0.15, 0.2) is 18.4 Å². The van der Waals surface area contributed by atoms with Crippen LogP contribution in [0.15, 0.2) is 18.2 Å². The Labute approximate surface area is 101 Å². The molecular weight excluding hydrogens is 256 g/mol. The Balaban J connectivity index is 2.48. The van der Waals surface area contributed by atoms with Crippen LogP contribution in [0.4, 0.5) is 17.6 Å². The monoisotopic (exact) mass is 268 g/mol. The molecule has 0 spiro atoms. The van der Waals surface area contributed by atoms with Gasteiger partial charge in [0.2, 0.25) is 0 Å². The molecule has 0 heterocycles. The number of alkyl halides is 3. The Hall–Kier alpha value is -1.34. The van der Waals surface area contributed by atoms with E-state index in [9.17, 15) is 22.7 Å². The average Bonchev–Trinajstić information content (AvgIpc) is 2.24. The third-order valence-electron chi connectivity index (χ3n) is 2.00. The van der Waals surface area contributed by atoms with Crippen molar-refractivity contribution >= 4 is 0 Å². The van der Waals surface area contributed by atoms with Crippen LogP contribution < -0.4 is 4.74 Å². The van der Waals surface area contributed by atoms with Crippen LogP contribution in [0.3, 0.4) is 0 Å². The standard InChI is InChI=1S/C11H12F4O3/c1-7(16)8-2-3-10(9(12)4-8)18-6-17-5-11(13,14)15/h2-4,7,16H,5-6H2,1H3/t7-/m1/s1. The largest absolute Gasteiger partial charge is 0.464 e. The van der Waals surface area contributed by atoms with E-state index < -0.39 is 31.5 Å². The van der Waals surface area contributed by atoms with E-state index in [0.717, 1.165) is 6.07 Å². The van der Waals surface area contributed by atoms with Gasteiger partial charge in [0.05, 0.1) is 6.10 Å². The zero-order valence-electron chi connectivity index (χ0n) is 9.50. The van der Waals surface area contributed by atoms with E-state index >= 15 is 0 Å². The van der Waals surface area contributed by atoms with Gasteiger partial charge in [-0.05, 0) is 24.6 Å². The first-order valence-corrected chi connectivity index (χ1v) is 5.04. The van der Waals surface area contributed by atoms with Crippen LogP contribution in [0.2, 0.25) is 0 Å². The maximum atomic E-state index is 13.4. The highest BCUT2D eigenvalue weighted by atomic mass is 19.4. The molecule has 0 aliphatic heterocycles. The minimum Gasteiger partial charge on any atom is -0.464 e. The Kier molecular flexibility index (Phi) is 4.92. The topological polar surface area (TPSA) is 38.7 Å². The second kappa shape index (κ2) is 6.01. The first-order chi connectivity index (χ1) is 8.29. The molecular formula is C11H12F4O3. The molecule has 0 unspecified atom stereocenters. The molecule has 0 amide bonds. The van der Waals surface area contributed by atoms with Crippen LogP contribution in [-0.4, -0.2) is 24.7 Å². The molecule has 1 aromatic rings. The highest BCUT2D eigenvalue weighted by Gasteiger charge is 2.27. The highest BCUT2D eigenvalue weighted by Crippen LogP contribution is 2.22. The van der Waals surface area contributed by atoms with Crippen molar-refractivity contribution in [2.45, 2.75) is 19.2 Å². The molecule has 18 heavy (non-hydrogen) atoms. The van der Waals surface area contributed by atoms with E-state index in [1.165, 1.54) is 19.1 Å². The van der Waals surface area contributed by atoms with Gasteiger partial charge in [0.1, 0.15) is 6.61 Å². The summed E-state index contributed by atoms with van der Waals surface area (Å²) in [4.78, 5) is 0. The summed E-state index contributed by atoms with van der Waals surface area (Å²) >= 11 is 0. The molecule has 0 aliphatic rings. The summed E-state index contributed by atoms with van der Waals surface area (Å²) in [6, 6.07) is 3.67. The van der Waals surface area contributed by atoms with Crippen molar-refractivity contribution in [1.82, 2.24) is 0 Å². The second-order valence-corrected chi connectivity index (χ2v) is 3.59. The third kappa shape index (κ3) is 4.89. The van der Waals surface area contributed by atoms with Crippen molar-refractivity contribution in [1.29, 1.82) is 0 Å². The van der Waals surface area contributed by atoms with E-state index in [2.05, 4.69) is 9.47 Å². The van der Waals surface area contributed by atoms with E-state index in [1.54, 1.807) is 0 Å². The maximum absolute atomic E-state index is 13.4. The maximum Gasteiger partial charge on any atom is 0.411 e. The smallest absolute Gasteiger partial charge is 0.411 e. The highest BCUT2D eigenvalue weighted by molar-refractivity contribution is 5.30. The fraction of sp³-hybridized carbons (Fsp3) is 0.455. The molecule has 0 bridgehead atoms. The predicted molar refractivity (Wildman–Crippen MR) is 54.5 cm³/mol. The molecule has 1 rings (SSSR count). The first-order valence-electron chi connectivity index (χ1n) is 5.04. The van der Waals surface area contributed by atoms with Gasteiger partial charge in [-0.1, -0.05) is 6.07 Å². The summed E-state index contributed by atoms with van der Waals surface area (Å²) in [5, 5.41) is 9.19. The van der Waals surface area contributed by atoms with E-state index in [-0.39, 0.29) is 5.75 Å². The second-order valence-electron chi connectivity index (χ2n) is 3.59. The summed E-state index contributed by atoms with van der Waals surface area (Å²) < 4.78 is 57.4. The predicted octanol–water partition coefficient (Wildman–Crippen LogP) is 2.79. The van der Waals surface area contributed by atoms with Crippen LogP contribution in [0, 0.1) is 5.82 Å². The van der Waals surface area contributed by atoms with E-state index in [0.29, 0.717) is 5.56 Å². The molecule has 102 valence electrons. The van der Waals surface area contributed by atoms with Crippen molar-refractivity contribution in [2.24, 2.45) is 0 Å². The van der Waals surface area contributed by atoms with Crippen molar-refractivity contribution in [2.75, 3.05) is 13.4 Å². The fourth-order valence-corrected chi connectivity index (χ4v) is 1.16. The van der Waals surface area contributed by atoms with Crippen LogP contribution in [0.1, 0.15) is 18.6 Å². The zero-order chi connectivity index (χ0) is 13.8. The van der Waals surface area contributed by atoms with Gasteiger partial charge in [0.25, 0.3) is 0 Å². The number of hydrogen-bond acceptors (Lipinski definition) is 3. The molecule has 1 aromatic carbocycles. The SMILES string of the molecule is C[C@@H](O)c1ccc(OCOCC(F)(F)F)c(F)c1. The number of ether oxygens (including phenoxy) is 2. The van der Waals surface area contributed by atoms with Crippen molar-refractivity contribution < 1.29 is 32.1 Å². The lowest BCUT2D eigenvalue weighted by molar-refractivity contribution is -0.187. The number of aliphatic hydroxyl groups is 1. The van der Waals surface area contributed by atoms with Gasteiger partial charge in [-0.25, -0.2) is 4.39 Å². The zero-order valence-corrected chi connectivity index (χ0v) is 9.50. The van der Waals surface area contributed by atoms with Crippen LogP contribution in [-0.2, 0) is 4.74 Å². The van der Waals surface area contributed by atoms with Gasteiger partial charge in [0, 0.05) is 0 Å². The molecule has 7 heteroatoms. The summed E-state index contributed by atoms with van der Waals surface area (Å²) in [7, 11) is 0. The molecule has 1 N–H and O–H groups in total. The molecule has 1 atom stereocenters. The van der Waals surface area contributed by atoms with Gasteiger partial charge >= 0.3 is 6.18 Å². The van der Waals surface area contributed by atoms with Gasteiger partial charge < -0.3 is 14.6 Å². The van der Waals surface area contributed by atoms with Gasteiger partial charge in [-0.15, -0.1) is 0 Å². The lowest BCUT2D eigenvalue weighted by Gasteiger charge is -2.11. The molecule has 3 nitrogen and oxygen atoms in total. The van der Waals surface area contributed by atoms with E-state index in [1.807, 2.05) is 0 Å². The molecule has 0 saturated carbocycles. The van der Waals surface area contributed by atoms with Gasteiger partial charge in [-0.3, -0.25) is 0 Å². The average molecular weight is 268 g/mol. The molecule has 0 fully saturated rings. The van der Waals surface area contributed by atoms with Crippen molar-refractivity contribution in [3.8, 4) is 5.75 Å². The summed E-state index contributed by atoms with van der Waals surface area (Å²) in [5.74, 6) is -1.01. The molecule has 0 radical (unpaired) electrons. The normalized spacial score (nSPS) is 13.4. The Morgan fingerprint density at radius 1 is 1.33 bits per heavy atom. The number of benzene rings is 1. The quantitative estimate of drug-likeness (QED) is 0.507. The van der Waals surface area contributed by atoms with Crippen molar-refractivity contribution in [3.05, 3.63) is 29.6 Å². The summed E-state index contributed by atoms with van der Waals surface area (Å²) in [5.41, 5.74) is 0.344. The summed E-state index contributed by atoms with van der Waals surface area (Å²) in [6.45, 7) is -0.702. The minimum absolute atomic E-state index is 0.235. The third-order valence-corrected chi connectivity index (χ3v) is 2.00.